The van der Waals surface area contributed by atoms with Gasteiger partial charge >= 0.3 is 0 Å². The van der Waals surface area contributed by atoms with Crippen LogP contribution in [0.5, 0.6) is 0 Å². The van der Waals surface area contributed by atoms with Crippen molar-refractivity contribution in [1.29, 1.82) is 0 Å². The van der Waals surface area contributed by atoms with Gasteiger partial charge in [0.2, 0.25) is 0 Å². The summed E-state index contributed by atoms with van der Waals surface area (Å²) in [5, 5.41) is 31.5. The molecular weight excluding hydrogens is 448 g/mol. The van der Waals surface area contributed by atoms with E-state index >= 15 is 0 Å². The van der Waals surface area contributed by atoms with Crippen molar-refractivity contribution in [2.24, 2.45) is 23.2 Å². The Kier molecular flexibility index (Phi) is 6.76. The summed E-state index contributed by atoms with van der Waals surface area (Å²) in [4.78, 5) is 0. The number of aliphatic hydroxyl groups is 3. The van der Waals surface area contributed by atoms with Gasteiger partial charge in [-0.05, 0) is 106 Å². The highest BCUT2D eigenvalue weighted by atomic mass is 16.5. The van der Waals surface area contributed by atoms with E-state index in [-0.39, 0.29) is 10.8 Å². The topological polar surface area (TPSA) is 73.8 Å². The van der Waals surface area contributed by atoms with Gasteiger partial charge in [0.15, 0.2) is 5.79 Å². The van der Waals surface area contributed by atoms with Crippen molar-refractivity contribution in [2.75, 3.05) is 0 Å². The smallest absolute Gasteiger partial charge is 0.189 e. The normalized spacial score (nSPS) is 35.3. The summed E-state index contributed by atoms with van der Waals surface area (Å²) in [5.41, 5.74) is 2.98. The summed E-state index contributed by atoms with van der Waals surface area (Å²) >= 11 is 0. The van der Waals surface area contributed by atoms with Crippen molar-refractivity contribution < 1.29 is 19.7 Å². The molecule has 0 unspecified atom stereocenters. The van der Waals surface area contributed by atoms with E-state index in [1.54, 1.807) is 0 Å². The molecule has 4 nitrogen and oxygen atoms in total. The second-order valence-electron chi connectivity index (χ2n) is 12.4. The van der Waals surface area contributed by atoms with Gasteiger partial charge in [-0.1, -0.05) is 50.3 Å². The number of hydrogen-bond acceptors (Lipinski definition) is 4. The fourth-order valence-corrected chi connectivity index (χ4v) is 7.74. The lowest BCUT2D eigenvalue weighted by Gasteiger charge is -2.44. The largest absolute Gasteiger partial charge is 0.466 e. The number of fused-ring (bicyclic) bond motifs is 1. The first-order valence-corrected chi connectivity index (χ1v) is 14.0. The lowest BCUT2D eigenvalue weighted by atomic mass is 9.61. The number of aryl methyl sites for hydroxylation is 1. The van der Waals surface area contributed by atoms with Crippen LogP contribution in [0.15, 0.2) is 64.2 Å². The second kappa shape index (κ2) is 9.45. The monoisotopic (exact) mass is 492 g/mol. The van der Waals surface area contributed by atoms with Gasteiger partial charge in [0.05, 0.1) is 11.5 Å². The maximum Gasteiger partial charge on any atom is 0.189 e. The van der Waals surface area contributed by atoms with Crippen molar-refractivity contribution >= 4 is 0 Å². The summed E-state index contributed by atoms with van der Waals surface area (Å²) in [6, 6.07) is 4.02. The Balaban J connectivity index is 1.29. The minimum absolute atomic E-state index is 0.231. The molecule has 5 rings (SSSR count). The third-order valence-electron chi connectivity index (χ3n) is 10.2. The molecule has 4 heteroatoms. The third-order valence-corrected chi connectivity index (χ3v) is 10.2. The Morgan fingerprint density at radius 1 is 1.03 bits per heavy atom. The number of furan rings is 1. The summed E-state index contributed by atoms with van der Waals surface area (Å²) < 4.78 is 5.88. The maximum atomic E-state index is 11.1. The van der Waals surface area contributed by atoms with Crippen LogP contribution in [-0.2, 0) is 5.41 Å². The molecule has 0 bridgehead atoms. The zero-order valence-corrected chi connectivity index (χ0v) is 22.3. The van der Waals surface area contributed by atoms with Crippen LogP contribution >= 0.6 is 0 Å². The fourth-order valence-electron chi connectivity index (χ4n) is 7.74. The first-order chi connectivity index (χ1) is 17.1. The molecular formula is C32H44O4. The van der Waals surface area contributed by atoms with Gasteiger partial charge in [0.1, 0.15) is 11.5 Å². The molecule has 36 heavy (non-hydrogen) atoms. The number of hydrogen-bond donors (Lipinski definition) is 3. The van der Waals surface area contributed by atoms with E-state index < -0.39 is 11.9 Å². The minimum Gasteiger partial charge on any atom is -0.466 e. The van der Waals surface area contributed by atoms with Crippen LogP contribution < -0.4 is 0 Å². The van der Waals surface area contributed by atoms with Crippen LogP contribution in [-0.4, -0.2) is 27.2 Å². The predicted octanol–water partition coefficient (Wildman–Crippen LogP) is 6.66. The van der Waals surface area contributed by atoms with E-state index in [1.165, 1.54) is 31.3 Å². The van der Waals surface area contributed by atoms with Gasteiger partial charge in [-0.15, -0.1) is 0 Å². The van der Waals surface area contributed by atoms with Gasteiger partial charge in [-0.3, -0.25) is 0 Å². The van der Waals surface area contributed by atoms with E-state index in [1.807, 2.05) is 25.1 Å². The molecule has 4 fully saturated rings. The predicted molar refractivity (Wildman–Crippen MR) is 143 cm³/mol. The molecule has 0 spiro atoms. The molecule has 1 aromatic rings. The van der Waals surface area contributed by atoms with Crippen molar-refractivity contribution in [3.8, 4) is 0 Å². The van der Waals surface area contributed by atoms with Crippen LogP contribution in [0.25, 0.3) is 0 Å². The molecule has 4 aliphatic rings. The zero-order chi connectivity index (χ0) is 25.7. The quantitative estimate of drug-likeness (QED) is 0.306. The van der Waals surface area contributed by atoms with E-state index in [0.717, 1.165) is 49.2 Å². The van der Waals surface area contributed by atoms with Crippen molar-refractivity contribution in [3.05, 3.63) is 71.3 Å². The molecule has 0 radical (unpaired) electrons. The Morgan fingerprint density at radius 2 is 1.78 bits per heavy atom. The highest BCUT2D eigenvalue weighted by Crippen LogP contribution is 2.60. The molecule has 3 N–H and O–H groups in total. The van der Waals surface area contributed by atoms with E-state index in [0.29, 0.717) is 29.7 Å². The highest BCUT2D eigenvalue weighted by molar-refractivity contribution is 5.39. The molecule has 4 saturated carbocycles. The van der Waals surface area contributed by atoms with E-state index in [9.17, 15) is 15.3 Å². The average Bonchev–Trinajstić information content (AvgIpc) is 3.40. The third kappa shape index (κ3) is 4.50. The van der Waals surface area contributed by atoms with Crippen molar-refractivity contribution in [3.63, 3.8) is 0 Å². The molecule has 0 amide bonds. The van der Waals surface area contributed by atoms with Crippen LogP contribution in [0.2, 0.25) is 0 Å². The SMILES string of the molecule is C=C1/C(=C\C=C2/CCC[C@]3(C)[C@@H]([C@H](C)/C=C/[C@@H](O)C4(c5ccc(C)o5)CC4)CC[C@@H]23)CCCC1(O)O. The van der Waals surface area contributed by atoms with Gasteiger partial charge in [-0.2, -0.15) is 0 Å². The van der Waals surface area contributed by atoms with Gasteiger partial charge in [0.25, 0.3) is 0 Å². The van der Waals surface area contributed by atoms with E-state index in [2.05, 4.69) is 38.7 Å². The zero-order valence-electron chi connectivity index (χ0n) is 22.3. The van der Waals surface area contributed by atoms with Crippen LogP contribution in [0.4, 0.5) is 0 Å². The van der Waals surface area contributed by atoms with Gasteiger partial charge in [-0.25, -0.2) is 0 Å². The van der Waals surface area contributed by atoms with Gasteiger partial charge < -0.3 is 19.7 Å². The second-order valence-corrected chi connectivity index (χ2v) is 12.4. The number of allylic oxidation sites excluding steroid dienone is 4. The Morgan fingerprint density at radius 3 is 2.47 bits per heavy atom. The molecule has 1 heterocycles. The standard InChI is InChI=1S/C32H44O4/c1-21(9-15-28(33)31(19-20-31)29-16-10-22(2)36-29)26-13-14-27-25(8-5-17-30(26,27)4)12-11-24-7-6-18-32(34,35)23(24)3/h9-12,15-16,21,26-28,33-35H,3,5-8,13-14,17-20H2,1-2,4H3/b15-9+,24-11-,25-12+/t21-,26-,27+,28-,30-/m1/s1. The van der Waals surface area contributed by atoms with Crippen molar-refractivity contribution in [1.82, 2.24) is 0 Å². The fraction of sp³-hybridized carbons (Fsp3) is 0.625. The highest BCUT2D eigenvalue weighted by Gasteiger charge is 2.53. The van der Waals surface area contributed by atoms with Crippen molar-refractivity contribution in [2.45, 2.75) is 102 Å². The molecule has 0 aliphatic heterocycles. The van der Waals surface area contributed by atoms with Crippen LogP contribution in [0.1, 0.15) is 89.6 Å². The minimum atomic E-state index is -1.76. The summed E-state index contributed by atoms with van der Waals surface area (Å²) in [6.45, 7) is 10.7. The molecule has 0 aromatic carbocycles. The van der Waals surface area contributed by atoms with E-state index in [4.69, 9.17) is 4.42 Å². The van der Waals surface area contributed by atoms with Crippen LogP contribution in [0.3, 0.4) is 0 Å². The first-order valence-electron chi connectivity index (χ1n) is 14.0. The lowest BCUT2D eigenvalue weighted by molar-refractivity contribution is -0.136. The summed E-state index contributed by atoms with van der Waals surface area (Å²) in [6.07, 6.45) is 18.1. The molecule has 4 aliphatic carbocycles. The molecule has 5 atom stereocenters. The summed E-state index contributed by atoms with van der Waals surface area (Å²) in [5.74, 6) is 1.64. The Hall–Kier alpha value is -1.88. The average molecular weight is 493 g/mol. The van der Waals surface area contributed by atoms with Crippen LogP contribution in [0, 0.1) is 30.1 Å². The molecule has 196 valence electrons. The molecule has 1 aromatic heterocycles. The molecule has 0 saturated heterocycles. The number of aliphatic hydroxyl groups excluding tert-OH is 1. The Bertz CT molecular complexity index is 1080. The lowest BCUT2D eigenvalue weighted by Crippen LogP contribution is -2.35. The first kappa shape index (κ1) is 25.8. The maximum absolute atomic E-state index is 11.1. The number of rotatable bonds is 6. The Labute approximate surface area is 216 Å². The summed E-state index contributed by atoms with van der Waals surface area (Å²) in [7, 11) is 0. The van der Waals surface area contributed by atoms with Gasteiger partial charge in [0, 0.05) is 12.0 Å².